The fourth-order valence-corrected chi connectivity index (χ4v) is 4.19. The number of aromatic nitrogens is 1. The summed E-state index contributed by atoms with van der Waals surface area (Å²) in [6, 6.07) is 9.69. The van der Waals surface area contributed by atoms with E-state index >= 15 is 0 Å². The summed E-state index contributed by atoms with van der Waals surface area (Å²) in [5, 5.41) is 3.72. The Labute approximate surface area is 151 Å². The molecule has 132 valence electrons. The molecular weight excluding hydrogens is 306 g/mol. The minimum absolute atomic E-state index is 0.180. The highest BCUT2D eigenvalue weighted by Crippen LogP contribution is 2.36. The Morgan fingerprint density at radius 3 is 2.80 bits per heavy atom. The van der Waals surface area contributed by atoms with Gasteiger partial charge in [0.2, 0.25) is 0 Å². The first-order valence-corrected chi connectivity index (χ1v) is 9.57. The molecule has 2 aromatic rings. The van der Waals surface area contributed by atoms with E-state index in [0.29, 0.717) is 6.04 Å². The molecule has 3 heterocycles. The van der Waals surface area contributed by atoms with Crippen molar-refractivity contribution in [3.05, 3.63) is 58.9 Å². The summed E-state index contributed by atoms with van der Waals surface area (Å²) in [5.41, 5.74) is 7.53. The van der Waals surface area contributed by atoms with Gasteiger partial charge in [0.15, 0.2) is 0 Å². The minimum Gasteiger partial charge on any atom is -0.366 e. The summed E-state index contributed by atoms with van der Waals surface area (Å²) in [6.45, 7) is 10.2. The van der Waals surface area contributed by atoms with Crippen molar-refractivity contribution in [2.24, 2.45) is 0 Å². The zero-order chi connectivity index (χ0) is 17.4. The van der Waals surface area contributed by atoms with Gasteiger partial charge < -0.3 is 10.2 Å². The Balaban J connectivity index is 1.74. The van der Waals surface area contributed by atoms with E-state index in [1.165, 1.54) is 29.7 Å². The van der Waals surface area contributed by atoms with Gasteiger partial charge in [0.05, 0.1) is 11.9 Å². The van der Waals surface area contributed by atoms with E-state index in [9.17, 15) is 0 Å². The molecule has 1 fully saturated rings. The predicted octanol–water partition coefficient (Wildman–Crippen LogP) is 4.37. The molecule has 1 aromatic carbocycles. The second kappa shape index (κ2) is 6.45. The fourth-order valence-electron chi connectivity index (χ4n) is 4.19. The number of fused-ring (bicyclic) bond motifs is 1. The van der Waals surface area contributed by atoms with Crippen LogP contribution in [0.15, 0.2) is 36.7 Å². The average molecular weight is 335 g/mol. The molecular formula is C22H29N3. The molecule has 1 saturated heterocycles. The monoisotopic (exact) mass is 335 g/mol. The van der Waals surface area contributed by atoms with Gasteiger partial charge in [0.25, 0.3) is 0 Å². The average Bonchev–Trinajstić information content (AvgIpc) is 3.14. The minimum atomic E-state index is 0.180. The maximum Gasteiger partial charge on any atom is 0.0555 e. The molecule has 0 spiro atoms. The first kappa shape index (κ1) is 16.6. The maximum atomic E-state index is 4.30. The van der Waals surface area contributed by atoms with E-state index in [0.717, 1.165) is 26.1 Å². The van der Waals surface area contributed by atoms with Gasteiger partial charge in [-0.05, 0) is 65.6 Å². The third kappa shape index (κ3) is 3.30. The molecule has 3 nitrogen and oxygen atoms in total. The number of hydrogen-bond donors (Lipinski definition) is 1. The van der Waals surface area contributed by atoms with Crippen molar-refractivity contribution in [3.8, 4) is 0 Å². The van der Waals surface area contributed by atoms with E-state index in [-0.39, 0.29) is 5.41 Å². The van der Waals surface area contributed by atoms with Crippen LogP contribution in [-0.4, -0.2) is 18.1 Å². The van der Waals surface area contributed by atoms with Crippen LogP contribution < -0.4 is 10.2 Å². The zero-order valence-electron chi connectivity index (χ0n) is 15.7. The number of pyridine rings is 1. The molecule has 2 aliphatic rings. The summed E-state index contributed by atoms with van der Waals surface area (Å²) in [7, 11) is 0. The standard InChI is InChI=1S/C22H29N3/c1-22(2,3)17-12-16-15-25(18-6-4-9-23-14-18)11-8-19(16)20(13-17)21-7-5-10-24-21/h4,6,9,12-14,21,24H,5,7-8,10-11,15H2,1-3H3/t21-/m0/s1. The Morgan fingerprint density at radius 1 is 1.24 bits per heavy atom. The maximum absolute atomic E-state index is 4.30. The van der Waals surface area contributed by atoms with E-state index < -0.39 is 0 Å². The second-order valence-corrected chi connectivity index (χ2v) is 8.48. The van der Waals surface area contributed by atoms with Crippen molar-refractivity contribution in [2.45, 2.75) is 58.0 Å². The number of nitrogens with zero attached hydrogens (tertiary/aromatic N) is 2. The summed E-state index contributed by atoms with van der Waals surface area (Å²) >= 11 is 0. The van der Waals surface area contributed by atoms with Crippen LogP contribution in [-0.2, 0) is 18.4 Å². The van der Waals surface area contributed by atoms with Gasteiger partial charge in [-0.25, -0.2) is 0 Å². The molecule has 25 heavy (non-hydrogen) atoms. The van der Waals surface area contributed by atoms with E-state index in [4.69, 9.17) is 0 Å². The molecule has 0 amide bonds. The van der Waals surface area contributed by atoms with E-state index in [1.807, 2.05) is 18.5 Å². The highest BCUT2D eigenvalue weighted by Gasteiger charge is 2.27. The van der Waals surface area contributed by atoms with E-state index in [1.54, 1.807) is 11.1 Å². The van der Waals surface area contributed by atoms with Crippen LogP contribution in [0.1, 0.15) is 61.9 Å². The quantitative estimate of drug-likeness (QED) is 0.883. The third-order valence-electron chi connectivity index (χ3n) is 5.68. The van der Waals surface area contributed by atoms with Gasteiger partial charge in [-0.2, -0.15) is 0 Å². The number of anilines is 1. The lowest BCUT2D eigenvalue weighted by Gasteiger charge is -2.34. The number of rotatable bonds is 2. The smallest absolute Gasteiger partial charge is 0.0555 e. The second-order valence-electron chi connectivity index (χ2n) is 8.48. The lowest BCUT2D eigenvalue weighted by atomic mass is 9.80. The molecule has 0 unspecified atom stereocenters. The van der Waals surface area contributed by atoms with Gasteiger partial charge in [-0.3, -0.25) is 4.98 Å². The Hall–Kier alpha value is -1.87. The van der Waals surface area contributed by atoms with Crippen molar-refractivity contribution in [1.82, 2.24) is 10.3 Å². The van der Waals surface area contributed by atoms with Crippen LogP contribution >= 0.6 is 0 Å². The van der Waals surface area contributed by atoms with Crippen molar-refractivity contribution >= 4 is 5.69 Å². The Morgan fingerprint density at radius 2 is 2.12 bits per heavy atom. The first-order valence-electron chi connectivity index (χ1n) is 9.57. The topological polar surface area (TPSA) is 28.2 Å². The van der Waals surface area contributed by atoms with Crippen molar-refractivity contribution in [2.75, 3.05) is 18.0 Å². The lowest BCUT2D eigenvalue weighted by molar-refractivity contribution is 0.576. The van der Waals surface area contributed by atoms with Crippen LogP contribution in [0.3, 0.4) is 0 Å². The van der Waals surface area contributed by atoms with Crippen LogP contribution in [0, 0.1) is 0 Å². The predicted molar refractivity (Wildman–Crippen MR) is 104 cm³/mol. The molecule has 0 radical (unpaired) electrons. The Bertz CT molecular complexity index is 740. The first-order chi connectivity index (χ1) is 12.0. The SMILES string of the molecule is CC(C)(C)c1cc2c(c([C@@H]3CCCN3)c1)CCN(c1cccnc1)C2. The molecule has 0 bridgehead atoms. The Kier molecular flexibility index (Phi) is 4.28. The van der Waals surface area contributed by atoms with Crippen LogP contribution in [0.5, 0.6) is 0 Å². The summed E-state index contributed by atoms with van der Waals surface area (Å²) in [4.78, 5) is 6.77. The fraction of sp³-hybridized carbons (Fsp3) is 0.500. The summed E-state index contributed by atoms with van der Waals surface area (Å²) in [5.74, 6) is 0. The molecule has 0 saturated carbocycles. The molecule has 1 N–H and O–H groups in total. The molecule has 3 heteroatoms. The van der Waals surface area contributed by atoms with Gasteiger partial charge in [-0.15, -0.1) is 0 Å². The highest BCUT2D eigenvalue weighted by atomic mass is 15.1. The molecule has 0 aliphatic carbocycles. The summed E-state index contributed by atoms with van der Waals surface area (Å²) in [6.07, 6.45) is 7.52. The van der Waals surface area contributed by atoms with Crippen molar-refractivity contribution in [3.63, 3.8) is 0 Å². The number of benzene rings is 1. The number of hydrogen-bond acceptors (Lipinski definition) is 3. The molecule has 1 atom stereocenters. The van der Waals surface area contributed by atoms with Crippen LogP contribution in [0.2, 0.25) is 0 Å². The highest BCUT2D eigenvalue weighted by molar-refractivity contribution is 5.51. The summed E-state index contributed by atoms with van der Waals surface area (Å²) < 4.78 is 0. The van der Waals surface area contributed by atoms with Gasteiger partial charge in [-0.1, -0.05) is 32.9 Å². The van der Waals surface area contributed by atoms with Crippen molar-refractivity contribution < 1.29 is 0 Å². The van der Waals surface area contributed by atoms with Gasteiger partial charge in [0.1, 0.15) is 0 Å². The van der Waals surface area contributed by atoms with Crippen LogP contribution in [0.25, 0.3) is 0 Å². The third-order valence-corrected chi connectivity index (χ3v) is 5.68. The number of nitrogens with one attached hydrogen (secondary N) is 1. The normalized spacial score (nSPS) is 20.6. The van der Waals surface area contributed by atoms with E-state index in [2.05, 4.69) is 54.2 Å². The molecule has 4 rings (SSSR count). The van der Waals surface area contributed by atoms with Gasteiger partial charge >= 0.3 is 0 Å². The zero-order valence-corrected chi connectivity index (χ0v) is 15.7. The lowest BCUT2D eigenvalue weighted by Crippen LogP contribution is -2.32. The largest absolute Gasteiger partial charge is 0.366 e. The van der Waals surface area contributed by atoms with Gasteiger partial charge in [0, 0.05) is 25.3 Å². The molecule has 1 aromatic heterocycles. The van der Waals surface area contributed by atoms with Crippen LogP contribution in [0.4, 0.5) is 5.69 Å². The van der Waals surface area contributed by atoms with Crippen molar-refractivity contribution in [1.29, 1.82) is 0 Å². The molecule has 2 aliphatic heterocycles.